The van der Waals surface area contributed by atoms with Crippen molar-refractivity contribution < 1.29 is 4.74 Å². The van der Waals surface area contributed by atoms with E-state index >= 15 is 0 Å². The second kappa shape index (κ2) is 16.0. The molecule has 0 unspecified atom stereocenters. The van der Waals surface area contributed by atoms with Gasteiger partial charge in [0.05, 0.1) is 6.61 Å². The SMILES string of the molecule is CCCCCNC(=NC)NCCOCCC(C)C.I. The number of nitrogens with zero attached hydrogens (tertiary/aromatic N) is 1. The third kappa shape index (κ3) is 15.9. The first-order chi connectivity index (χ1) is 8.70. The first kappa shape index (κ1) is 21.3. The van der Waals surface area contributed by atoms with Gasteiger partial charge in [0.15, 0.2) is 5.96 Å². The van der Waals surface area contributed by atoms with Crippen LogP contribution in [0.2, 0.25) is 0 Å². The molecule has 0 fully saturated rings. The molecule has 0 aromatic carbocycles. The second-order valence-corrected chi connectivity index (χ2v) is 4.93. The van der Waals surface area contributed by atoms with Crippen LogP contribution in [0.3, 0.4) is 0 Å². The molecule has 0 atom stereocenters. The lowest BCUT2D eigenvalue weighted by Gasteiger charge is -2.12. The van der Waals surface area contributed by atoms with Gasteiger partial charge in [0.25, 0.3) is 0 Å². The summed E-state index contributed by atoms with van der Waals surface area (Å²) >= 11 is 0. The van der Waals surface area contributed by atoms with Gasteiger partial charge in [-0.2, -0.15) is 0 Å². The minimum atomic E-state index is 0. The number of nitrogens with one attached hydrogen (secondary N) is 2. The van der Waals surface area contributed by atoms with Crippen LogP contribution in [0.25, 0.3) is 0 Å². The normalized spacial score (nSPS) is 11.3. The number of rotatable bonds is 10. The molecule has 4 nitrogen and oxygen atoms in total. The van der Waals surface area contributed by atoms with Gasteiger partial charge in [0, 0.05) is 26.7 Å². The van der Waals surface area contributed by atoms with E-state index in [-0.39, 0.29) is 24.0 Å². The smallest absolute Gasteiger partial charge is 0.191 e. The molecule has 0 saturated carbocycles. The van der Waals surface area contributed by atoms with E-state index < -0.39 is 0 Å². The highest BCUT2D eigenvalue weighted by Crippen LogP contribution is 1.98. The molecule has 0 rings (SSSR count). The first-order valence-corrected chi connectivity index (χ1v) is 7.23. The zero-order valence-corrected chi connectivity index (χ0v) is 15.3. The molecular weight excluding hydrogens is 353 g/mol. The van der Waals surface area contributed by atoms with Crippen LogP contribution < -0.4 is 10.6 Å². The molecule has 0 aliphatic carbocycles. The van der Waals surface area contributed by atoms with Crippen LogP contribution in [0.5, 0.6) is 0 Å². The van der Waals surface area contributed by atoms with Crippen molar-refractivity contribution >= 4 is 29.9 Å². The van der Waals surface area contributed by atoms with Gasteiger partial charge in [-0.25, -0.2) is 0 Å². The van der Waals surface area contributed by atoms with Gasteiger partial charge in [-0.05, 0) is 18.8 Å². The van der Waals surface area contributed by atoms with E-state index in [1.807, 2.05) is 0 Å². The maximum atomic E-state index is 5.54. The molecule has 0 aliphatic rings. The van der Waals surface area contributed by atoms with Crippen molar-refractivity contribution in [1.29, 1.82) is 0 Å². The van der Waals surface area contributed by atoms with Crippen molar-refractivity contribution in [2.45, 2.75) is 46.5 Å². The summed E-state index contributed by atoms with van der Waals surface area (Å²) in [4.78, 5) is 4.17. The Morgan fingerprint density at radius 3 is 2.37 bits per heavy atom. The third-order valence-electron chi connectivity index (χ3n) is 2.67. The van der Waals surface area contributed by atoms with Crippen LogP contribution in [-0.2, 0) is 4.74 Å². The molecule has 0 aromatic heterocycles. The van der Waals surface area contributed by atoms with Gasteiger partial charge in [0.1, 0.15) is 0 Å². The predicted octanol–water partition coefficient (Wildman–Crippen LogP) is 3.02. The largest absolute Gasteiger partial charge is 0.380 e. The molecule has 2 N–H and O–H groups in total. The Balaban J connectivity index is 0. The maximum Gasteiger partial charge on any atom is 0.191 e. The number of halogens is 1. The summed E-state index contributed by atoms with van der Waals surface area (Å²) in [5.41, 5.74) is 0. The Kier molecular flexibility index (Phi) is 17.9. The average Bonchev–Trinajstić information content (AvgIpc) is 2.35. The van der Waals surface area contributed by atoms with E-state index in [2.05, 4.69) is 36.4 Å². The van der Waals surface area contributed by atoms with Crippen LogP contribution in [0.1, 0.15) is 46.5 Å². The predicted molar refractivity (Wildman–Crippen MR) is 94.6 cm³/mol. The highest BCUT2D eigenvalue weighted by atomic mass is 127. The number of hydrogen-bond donors (Lipinski definition) is 2. The van der Waals surface area contributed by atoms with Crippen LogP contribution >= 0.6 is 24.0 Å². The summed E-state index contributed by atoms with van der Waals surface area (Å²) in [6.07, 6.45) is 4.84. The number of hydrogen-bond acceptors (Lipinski definition) is 2. The molecule has 5 heteroatoms. The summed E-state index contributed by atoms with van der Waals surface area (Å²) < 4.78 is 5.54. The number of unbranched alkanes of at least 4 members (excludes halogenated alkanes) is 2. The minimum Gasteiger partial charge on any atom is -0.380 e. The lowest BCUT2D eigenvalue weighted by atomic mass is 10.1. The zero-order valence-electron chi connectivity index (χ0n) is 13.0. The molecule has 19 heavy (non-hydrogen) atoms. The summed E-state index contributed by atoms with van der Waals surface area (Å²) in [6.45, 7) is 10.0. The monoisotopic (exact) mass is 385 g/mol. The molecule has 0 aliphatic heterocycles. The van der Waals surface area contributed by atoms with Crippen LogP contribution in [0, 0.1) is 5.92 Å². The average molecular weight is 385 g/mol. The van der Waals surface area contributed by atoms with Crippen molar-refractivity contribution in [1.82, 2.24) is 10.6 Å². The summed E-state index contributed by atoms with van der Waals surface area (Å²) in [5.74, 6) is 1.59. The van der Waals surface area contributed by atoms with E-state index in [1.165, 1.54) is 19.3 Å². The van der Waals surface area contributed by atoms with Crippen molar-refractivity contribution in [3.63, 3.8) is 0 Å². The molecule has 0 bridgehead atoms. The fourth-order valence-electron chi connectivity index (χ4n) is 1.47. The third-order valence-corrected chi connectivity index (χ3v) is 2.67. The summed E-state index contributed by atoms with van der Waals surface area (Å²) in [7, 11) is 1.80. The van der Waals surface area contributed by atoms with Crippen LogP contribution in [0.4, 0.5) is 0 Å². The van der Waals surface area contributed by atoms with Crippen molar-refractivity contribution in [2.24, 2.45) is 10.9 Å². The Labute approximate surface area is 136 Å². The van der Waals surface area contributed by atoms with Crippen LogP contribution in [0.15, 0.2) is 4.99 Å². The van der Waals surface area contributed by atoms with E-state index in [0.717, 1.165) is 38.7 Å². The first-order valence-electron chi connectivity index (χ1n) is 7.23. The van der Waals surface area contributed by atoms with E-state index in [1.54, 1.807) is 7.05 Å². The van der Waals surface area contributed by atoms with Crippen LogP contribution in [-0.4, -0.2) is 39.3 Å². The standard InChI is InChI=1S/C14H31N3O.HI/c1-5-6-7-9-16-14(15-4)17-10-12-18-11-8-13(2)3;/h13H,5-12H2,1-4H3,(H2,15,16,17);1H. The number of ether oxygens (including phenoxy) is 1. The summed E-state index contributed by atoms with van der Waals surface area (Å²) in [5, 5.41) is 6.55. The molecule has 0 saturated heterocycles. The molecule has 0 amide bonds. The molecule has 0 heterocycles. The Hall–Kier alpha value is -0.0400. The Morgan fingerprint density at radius 1 is 1.11 bits per heavy atom. The van der Waals surface area contributed by atoms with Gasteiger partial charge >= 0.3 is 0 Å². The van der Waals surface area contributed by atoms with E-state index in [4.69, 9.17) is 4.74 Å². The van der Waals surface area contributed by atoms with E-state index in [0.29, 0.717) is 5.92 Å². The van der Waals surface area contributed by atoms with Gasteiger partial charge in [-0.1, -0.05) is 33.6 Å². The zero-order chi connectivity index (χ0) is 13.6. The minimum absolute atomic E-state index is 0. The lowest BCUT2D eigenvalue weighted by Crippen LogP contribution is -2.39. The maximum absolute atomic E-state index is 5.54. The summed E-state index contributed by atoms with van der Waals surface area (Å²) in [6, 6.07) is 0. The van der Waals surface area contributed by atoms with Gasteiger partial charge < -0.3 is 15.4 Å². The second-order valence-electron chi connectivity index (χ2n) is 4.93. The van der Waals surface area contributed by atoms with E-state index in [9.17, 15) is 0 Å². The Morgan fingerprint density at radius 2 is 1.79 bits per heavy atom. The topological polar surface area (TPSA) is 45.7 Å². The lowest BCUT2D eigenvalue weighted by molar-refractivity contribution is 0.128. The number of aliphatic imine (C=N–C) groups is 1. The fraction of sp³-hybridized carbons (Fsp3) is 0.929. The van der Waals surface area contributed by atoms with Gasteiger partial charge in [-0.3, -0.25) is 4.99 Å². The van der Waals surface area contributed by atoms with Crippen molar-refractivity contribution in [3.05, 3.63) is 0 Å². The molecule has 116 valence electrons. The molecule has 0 spiro atoms. The molecular formula is C14H32IN3O. The highest BCUT2D eigenvalue weighted by molar-refractivity contribution is 14.0. The number of guanidine groups is 1. The molecule has 0 radical (unpaired) electrons. The molecule has 0 aromatic rings. The highest BCUT2D eigenvalue weighted by Gasteiger charge is 1.97. The van der Waals surface area contributed by atoms with Gasteiger partial charge in [0.2, 0.25) is 0 Å². The van der Waals surface area contributed by atoms with Crippen molar-refractivity contribution in [2.75, 3.05) is 33.4 Å². The fourth-order valence-corrected chi connectivity index (χ4v) is 1.47. The Bertz CT molecular complexity index is 211. The van der Waals surface area contributed by atoms with Crippen molar-refractivity contribution in [3.8, 4) is 0 Å². The quantitative estimate of drug-likeness (QED) is 0.263. The van der Waals surface area contributed by atoms with Gasteiger partial charge in [-0.15, -0.1) is 24.0 Å².